The van der Waals surface area contributed by atoms with Gasteiger partial charge in [-0.1, -0.05) is 51.4 Å². The van der Waals surface area contributed by atoms with Crippen LogP contribution in [0.4, 0.5) is 0 Å². The molecule has 0 nitrogen and oxygen atoms in total. The molecule has 0 saturated carbocycles. The van der Waals surface area contributed by atoms with Gasteiger partial charge in [-0.25, -0.2) is 12.1 Å². The Balaban J connectivity index is 0.000000133. The van der Waals surface area contributed by atoms with Crippen molar-refractivity contribution in [2.24, 2.45) is 0 Å². The van der Waals surface area contributed by atoms with Crippen LogP contribution in [0.15, 0.2) is 36.4 Å². The van der Waals surface area contributed by atoms with Gasteiger partial charge in [-0.15, -0.1) is 0 Å². The van der Waals surface area contributed by atoms with Crippen LogP contribution in [0.3, 0.4) is 0 Å². The fourth-order valence-corrected chi connectivity index (χ4v) is 3.23. The van der Waals surface area contributed by atoms with E-state index in [1.807, 2.05) is 0 Å². The first-order chi connectivity index (χ1) is 8.93. The Hall–Kier alpha value is -0.417. The molecule has 0 bridgehead atoms. The van der Waals surface area contributed by atoms with Crippen LogP contribution >= 0.6 is 0 Å². The molecule has 0 heterocycles. The molecule has 0 unspecified atom stereocenters. The maximum atomic E-state index is 2.26. The van der Waals surface area contributed by atoms with E-state index in [2.05, 4.69) is 36.4 Å². The molecule has 2 aliphatic carbocycles. The first kappa shape index (κ1) is 15.0. The van der Waals surface area contributed by atoms with E-state index in [9.17, 15) is 0 Å². The van der Waals surface area contributed by atoms with Crippen molar-refractivity contribution < 1.29 is 26.2 Å². The zero-order chi connectivity index (χ0) is 12.2. The molecule has 0 saturated heterocycles. The molecule has 0 radical (unpaired) electrons. The summed E-state index contributed by atoms with van der Waals surface area (Å²) < 4.78 is 0. The van der Waals surface area contributed by atoms with Crippen molar-refractivity contribution in [1.29, 1.82) is 0 Å². The van der Waals surface area contributed by atoms with Crippen LogP contribution in [0.2, 0.25) is 0 Å². The van der Waals surface area contributed by atoms with Gasteiger partial charge in [-0.2, -0.15) is 46.5 Å². The molecule has 0 N–H and O–H groups in total. The van der Waals surface area contributed by atoms with Crippen LogP contribution < -0.4 is 0 Å². The van der Waals surface area contributed by atoms with Crippen molar-refractivity contribution in [2.75, 3.05) is 0 Å². The van der Waals surface area contributed by atoms with Crippen LogP contribution in [0.1, 0.15) is 47.9 Å². The first-order valence-electron chi connectivity index (χ1n) is 7.40. The van der Waals surface area contributed by atoms with Crippen LogP contribution in [-0.2, 0) is 51.9 Å². The summed E-state index contributed by atoms with van der Waals surface area (Å²) in [6.07, 6.45) is 10.9. The van der Waals surface area contributed by atoms with E-state index in [0.29, 0.717) is 0 Å². The van der Waals surface area contributed by atoms with Crippen molar-refractivity contribution in [2.45, 2.75) is 51.4 Å². The third-order valence-corrected chi connectivity index (χ3v) is 4.30. The molecule has 4 rings (SSSR count). The summed E-state index contributed by atoms with van der Waals surface area (Å²) in [5.74, 6) is 0. The van der Waals surface area contributed by atoms with Crippen molar-refractivity contribution in [3.63, 3.8) is 0 Å². The average molecular weight is 330 g/mol. The Morgan fingerprint density at radius 2 is 1.05 bits per heavy atom. The summed E-state index contributed by atoms with van der Waals surface area (Å²) in [5.41, 5.74) is 6.39. The maximum Gasteiger partial charge on any atom is 2.00 e. The summed E-state index contributed by atoms with van der Waals surface area (Å²) in [6.45, 7) is 0. The normalized spacial score (nSPS) is 16.4. The SMILES string of the molecule is [Zr+2].c1cc2c([cH-]1)CCCC2.c1cc2c([cH-]1)CCCC2. The predicted octanol–water partition coefficient (Wildman–Crippen LogP) is 4.57. The Morgan fingerprint density at radius 1 is 0.632 bits per heavy atom. The molecule has 19 heavy (non-hydrogen) atoms. The van der Waals surface area contributed by atoms with Crippen molar-refractivity contribution in [1.82, 2.24) is 0 Å². The minimum absolute atomic E-state index is 0. The fourth-order valence-electron chi connectivity index (χ4n) is 3.23. The summed E-state index contributed by atoms with van der Waals surface area (Å²) >= 11 is 0. The molecule has 0 amide bonds. The smallest absolute Gasteiger partial charge is 0.210 e. The van der Waals surface area contributed by atoms with Crippen LogP contribution in [0.25, 0.3) is 0 Å². The van der Waals surface area contributed by atoms with Gasteiger partial charge in [0, 0.05) is 0 Å². The van der Waals surface area contributed by atoms with E-state index < -0.39 is 0 Å². The summed E-state index contributed by atoms with van der Waals surface area (Å²) in [4.78, 5) is 0. The van der Waals surface area contributed by atoms with Crippen LogP contribution in [-0.4, -0.2) is 0 Å². The molecule has 0 fully saturated rings. The summed E-state index contributed by atoms with van der Waals surface area (Å²) in [6, 6.07) is 13.4. The molecule has 0 aliphatic heterocycles. The molecule has 2 aromatic rings. The number of rotatable bonds is 0. The summed E-state index contributed by atoms with van der Waals surface area (Å²) in [5, 5.41) is 0. The van der Waals surface area contributed by atoms with E-state index in [1.165, 1.54) is 51.4 Å². The Labute approximate surface area is 136 Å². The first-order valence-corrected chi connectivity index (χ1v) is 7.40. The average Bonchev–Trinajstić information content (AvgIpc) is 3.08. The largest absolute Gasteiger partial charge is 2.00 e. The van der Waals surface area contributed by atoms with E-state index >= 15 is 0 Å². The molecule has 0 aromatic heterocycles. The van der Waals surface area contributed by atoms with Gasteiger partial charge < -0.3 is 0 Å². The maximum absolute atomic E-state index is 2.26. The second-order valence-electron chi connectivity index (χ2n) is 5.57. The molecule has 1 heteroatoms. The van der Waals surface area contributed by atoms with Crippen LogP contribution in [0.5, 0.6) is 0 Å². The standard InChI is InChI=1S/2C9H11.Zr/c2*1-2-5-9-7-3-6-8(9)4-1;/h2*3,6-7H,1-2,4-5H2;/q2*-1;+2. The van der Waals surface area contributed by atoms with Gasteiger partial charge in [0.15, 0.2) is 0 Å². The molecule has 2 aromatic carbocycles. The second kappa shape index (κ2) is 7.39. The molecule has 98 valence electrons. The molecular weight excluding hydrogens is 307 g/mol. The Morgan fingerprint density at radius 3 is 1.47 bits per heavy atom. The number of hydrogen-bond acceptors (Lipinski definition) is 0. The van der Waals surface area contributed by atoms with Gasteiger partial charge in [0.2, 0.25) is 0 Å². The third-order valence-electron chi connectivity index (χ3n) is 4.30. The van der Waals surface area contributed by atoms with E-state index in [-0.39, 0.29) is 26.2 Å². The molecule has 0 atom stereocenters. The van der Waals surface area contributed by atoms with Crippen molar-refractivity contribution >= 4 is 0 Å². The second-order valence-corrected chi connectivity index (χ2v) is 5.57. The zero-order valence-corrected chi connectivity index (χ0v) is 14.1. The Kier molecular flexibility index (Phi) is 5.83. The fraction of sp³-hybridized carbons (Fsp3) is 0.444. The number of hydrogen-bond donors (Lipinski definition) is 0. The quantitative estimate of drug-likeness (QED) is 0.621. The molecule has 2 aliphatic rings. The predicted molar refractivity (Wildman–Crippen MR) is 77.4 cm³/mol. The zero-order valence-electron chi connectivity index (χ0n) is 11.6. The van der Waals surface area contributed by atoms with Gasteiger partial charge in [0.25, 0.3) is 0 Å². The third kappa shape index (κ3) is 3.79. The number of fused-ring (bicyclic) bond motifs is 2. The van der Waals surface area contributed by atoms with Crippen molar-refractivity contribution in [3.8, 4) is 0 Å². The van der Waals surface area contributed by atoms with Gasteiger partial charge in [0.05, 0.1) is 0 Å². The minimum Gasteiger partial charge on any atom is -0.210 e. The molecular formula is C18H22Zr. The van der Waals surface area contributed by atoms with Gasteiger partial charge in [-0.3, -0.25) is 0 Å². The number of aryl methyl sites for hydroxylation is 4. The van der Waals surface area contributed by atoms with Gasteiger partial charge in [0.1, 0.15) is 0 Å². The van der Waals surface area contributed by atoms with Crippen molar-refractivity contribution in [3.05, 3.63) is 58.7 Å². The van der Waals surface area contributed by atoms with E-state index in [4.69, 9.17) is 0 Å². The van der Waals surface area contributed by atoms with E-state index in [1.54, 1.807) is 22.3 Å². The molecule has 0 spiro atoms. The van der Waals surface area contributed by atoms with E-state index in [0.717, 1.165) is 0 Å². The van der Waals surface area contributed by atoms with Crippen LogP contribution in [0, 0.1) is 0 Å². The minimum atomic E-state index is 0. The summed E-state index contributed by atoms with van der Waals surface area (Å²) in [7, 11) is 0. The topological polar surface area (TPSA) is 0 Å². The van der Waals surface area contributed by atoms with Gasteiger partial charge in [-0.05, 0) is 0 Å². The Bertz CT molecular complexity index is 402. The monoisotopic (exact) mass is 328 g/mol. The van der Waals surface area contributed by atoms with Gasteiger partial charge >= 0.3 is 26.2 Å².